The summed E-state index contributed by atoms with van der Waals surface area (Å²) in [4.78, 5) is 12.7. The summed E-state index contributed by atoms with van der Waals surface area (Å²) < 4.78 is 13.3. The van der Waals surface area contributed by atoms with Gasteiger partial charge in [-0.3, -0.25) is 4.79 Å². The van der Waals surface area contributed by atoms with E-state index in [0.717, 1.165) is 15.6 Å². The zero-order valence-electron chi connectivity index (χ0n) is 18.5. The Morgan fingerprint density at radius 3 is 2.41 bits per heavy atom. The molecular formula is C26H21Br2ClN2O3. The van der Waals surface area contributed by atoms with Gasteiger partial charge < -0.3 is 14.8 Å². The van der Waals surface area contributed by atoms with E-state index in [1.807, 2.05) is 44.2 Å². The number of nitriles is 1. The molecule has 3 aromatic carbocycles. The highest BCUT2D eigenvalue weighted by molar-refractivity contribution is 9.10. The highest BCUT2D eigenvalue weighted by Crippen LogP contribution is 2.35. The number of nitrogens with one attached hydrogen (secondary N) is 1. The van der Waals surface area contributed by atoms with Crippen LogP contribution in [0, 0.1) is 18.3 Å². The molecule has 0 atom stereocenters. The molecule has 8 heteroatoms. The van der Waals surface area contributed by atoms with Crippen LogP contribution in [0.2, 0.25) is 5.02 Å². The molecule has 0 aliphatic rings. The Hall–Kier alpha value is -2.79. The van der Waals surface area contributed by atoms with Gasteiger partial charge in [-0.2, -0.15) is 5.26 Å². The molecule has 3 rings (SSSR count). The predicted molar refractivity (Wildman–Crippen MR) is 142 cm³/mol. The number of carbonyl (C=O) groups excluding carboxylic acids is 1. The second-order valence-corrected chi connectivity index (χ2v) is 9.40. The summed E-state index contributed by atoms with van der Waals surface area (Å²) in [5, 5.41) is 13.0. The van der Waals surface area contributed by atoms with Crippen molar-refractivity contribution < 1.29 is 14.3 Å². The van der Waals surface area contributed by atoms with Gasteiger partial charge in [0, 0.05) is 19.7 Å². The summed E-state index contributed by atoms with van der Waals surface area (Å²) in [5.74, 6) is 0.540. The van der Waals surface area contributed by atoms with E-state index in [9.17, 15) is 10.1 Å². The SMILES string of the molecule is CCOc1cc(/C=C(\C#N)C(=O)Nc2ccc(Br)c(C)c2)c(Br)cc1OCc1ccc(Cl)cc1. The first-order valence-corrected chi connectivity index (χ1v) is 12.3. The lowest BCUT2D eigenvalue weighted by Gasteiger charge is -2.14. The number of amides is 1. The fourth-order valence-electron chi connectivity index (χ4n) is 3.01. The van der Waals surface area contributed by atoms with Crippen molar-refractivity contribution in [2.75, 3.05) is 11.9 Å². The highest BCUT2D eigenvalue weighted by Gasteiger charge is 2.15. The summed E-state index contributed by atoms with van der Waals surface area (Å²) in [6.45, 7) is 4.55. The average Bonchev–Trinajstić information content (AvgIpc) is 2.81. The second kappa shape index (κ2) is 12.1. The molecule has 0 saturated carbocycles. The molecule has 0 heterocycles. The molecule has 0 spiro atoms. The summed E-state index contributed by atoms with van der Waals surface area (Å²) >= 11 is 12.9. The minimum Gasteiger partial charge on any atom is -0.490 e. The molecule has 5 nitrogen and oxygen atoms in total. The Morgan fingerprint density at radius 1 is 1.06 bits per heavy atom. The Kier molecular flexibility index (Phi) is 9.17. The fourth-order valence-corrected chi connectivity index (χ4v) is 3.82. The molecule has 34 heavy (non-hydrogen) atoms. The number of anilines is 1. The van der Waals surface area contributed by atoms with Crippen LogP contribution in [0.4, 0.5) is 5.69 Å². The van der Waals surface area contributed by atoms with Crippen LogP contribution in [0.25, 0.3) is 6.08 Å². The van der Waals surface area contributed by atoms with E-state index in [1.165, 1.54) is 6.08 Å². The third-order valence-corrected chi connectivity index (χ3v) is 6.58. The fraction of sp³-hybridized carbons (Fsp3) is 0.154. The number of ether oxygens (including phenoxy) is 2. The molecule has 0 aliphatic heterocycles. The van der Waals surface area contributed by atoms with Gasteiger partial charge in [0.2, 0.25) is 0 Å². The molecular weight excluding hydrogens is 584 g/mol. The maximum Gasteiger partial charge on any atom is 0.266 e. The molecule has 0 fully saturated rings. The van der Waals surface area contributed by atoms with Gasteiger partial charge >= 0.3 is 0 Å². The first-order valence-electron chi connectivity index (χ1n) is 10.3. The van der Waals surface area contributed by atoms with Gasteiger partial charge in [0.05, 0.1) is 6.61 Å². The van der Waals surface area contributed by atoms with Gasteiger partial charge in [-0.25, -0.2) is 0 Å². The standard InChI is InChI=1S/C26H21Br2ClN2O3/c1-3-33-24-12-18(23(28)13-25(24)34-15-17-4-6-20(29)7-5-17)11-19(14-30)26(32)31-21-8-9-22(27)16(2)10-21/h4-13H,3,15H2,1-2H3,(H,31,32)/b19-11+. The maximum absolute atomic E-state index is 12.7. The van der Waals surface area contributed by atoms with Crippen LogP contribution >= 0.6 is 43.5 Å². The van der Waals surface area contributed by atoms with Crippen LogP contribution in [0.3, 0.4) is 0 Å². The number of nitrogens with zero attached hydrogens (tertiary/aromatic N) is 1. The Labute approximate surface area is 220 Å². The van der Waals surface area contributed by atoms with Gasteiger partial charge in [-0.15, -0.1) is 0 Å². The first kappa shape index (κ1) is 25.8. The predicted octanol–water partition coefficient (Wildman–Crippen LogP) is 7.70. The summed E-state index contributed by atoms with van der Waals surface area (Å²) in [6, 6.07) is 18.3. The van der Waals surface area contributed by atoms with E-state index < -0.39 is 5.91 Å². The van der Waals surface area contributed by atoms with Crippen LogP contribution in [0.15, 0.2) is 69.1 Å². The zero-order chi connectivity index (χ0) is 24.7. The van der Waals surface area contributed by atoms with Crippen molar-refractivity contribution in [1.82, 2.24) is 0 Å². The number of halogens is 3. The van der Waals surface area contributed by atoms with Crippen LogP contribution in [-0.4, -0.2) is 12.5 Å². The van der Waals surface area contributed by atoms with Crippen LogP contribution < -0.4 is 14.8 Å². The molecule has 3 aromatic rings. The summed E-state index contributed by atoms with van der Waals surface area (Å²) in [6.07, 6.45) is 1.51. The number of carbonyl (C=O) groups is 1. The smallest absolute Gasteiger partial charge is 0.266 e. The largest absolute Gasteiger partial charge is 0.490 e. The monoisotopic (exact) mass is 602 g/mol. The average molecular weight is 605 g/mol. The van der Waals surface area contributed by atoms with Gasteiger partial charge in [-0.1, -0.05) is 55.6 Å². The molecule has 0 aromatic heterocycles. The lowest BCUT2D eigenvalue weighted by atomic mass is 10.1. The maximum atomic E-state index is 12.7. The second-order valence-electron chi connectivity index (χ2n) is 7.26. The molecule has 0 saturated heterocycles. The molecule has 1 N–H and O–H groups in total. The Bertz CT molecular complexity index is 1270. The molecule has 0 aliphatic carbocycles. The van der Waals surface area contributed by atoms with Gasteiger partial charge in [0.15, 0.2) is 11.5 Å². The van der Waals surface area contributed by atoms with E-state index in [2.05, 4.69) is 37.2 Å². The van der Waals surface area contributed by atoms with Crippen LogP contribution in [0.5, 0.6) is 11.5 Å². The van der Waals surface area contributed by atoms with Crippen molar-refractivity contribution in [3.8, 4) is 17.6 Å². The lowest BCUT2D eigenvalue weighted by molar-refractivity contribution is -0.112. The molecule has 0 unspecified atom stereocenters. The van der Waals surface area contributed by atoms with Crippen LogP contribution in [0.1, 0.15) is 23.6 Å². The highest BCUT2D eigenvalue weighted by atomic mass is 79.9. The number of benzene rings is 3. The Balaban J connectivity index is 1.84. The molecule has 1 amide bonds. The molecule has 0 radical (unpaired) electrons. The van der Waals surface area contributed by atoms with Crippen molar-refractivity contribution in [1.29, 1.82) is 5.26 Å². The minimum absolute atomic E-state index is 0.0430. The van der Waals surface area contributed by atoms with Crippen molar-refractivity contribution in [2.24, 2.45) is 0 Å². The van der Waals surface area contributed by atoms with E-state index in [-0.39, 0.29) is 5.57 Å². The van der Waals surface area contributed by atoms with Gasteiger partial charge in [0.25, 0.3) is 5.91 Å². The van der Waals surface area contributed by atoms with E-state index in [1.54, 1.807) is 30.3 Å². The van der Waals surface area contributed by atoms with Crippen molar-refractivity contribution in [3.63, 3.8) is 0 Å². The first-order chi connectivity index (χ1) is 16.3. The summed E-state index contributed by atoms with van der Waals surface area (Å²) in [5.41, 5.74) is 3.10. The van der Waals surface area contributed by atoms with Crippen molar-refractivity contribution >= 4 is 61.1 Å². The van der Waals surface area contributed by atoms with Crippen LogP contribution in [-0.2, 0) is 11.4 Å². The number of hydrogen-bond acceptors (Lipinski definition) is 4. The third-order valence-electron chi connectivity index (χ3n) is 4.75. The Morgan fingerprint density at radius 2 is 1.76 bits per heavy atom. The summed E-state index contributed by atoms with van der Waals surface area (Å²) in [7, 11) is 0. The van der Waals surface area contributed by atoms with Gasteiger partial charge in [-0.05, 0) is 79.1 Å². The molecule has 174 valence electrons. The van der Waals surface area contributed by atoms with E-state index in [4.69, 9.17) is 21.1 Å². The quantitative estimate of drug-likeness (QED) is 0.211. The van der Waals surface area contributed by atoms with Crippen molar-refractivity contribution in [3.05, 3.63) is 90.8 Å². The van der Waals surface area contributed by atoms with E-state index in [0.29, 0.717) is 45.5 Å². The minimum atomic E-state index is -0.503. The van der Waals surface area contributed by atoms with E-state index >= 15 is 0 Å². The normalized spacial score (nSPS) is 11.0. The molecule has 0 bridgehead atoms. The third kappa shape index (κ3) is 6.86. The zero-order valence-corrected chi connectivity index (χ0v) is 22.4. The van der Waals surface area contributed by atoms with Crippen molar-refractivity contribution in [2.45, 2.75) is 20.5 Å². The topological polar surface area (TPSA) is 71.3 Å². The lowest BCUT2D eigenvalue weighted by Crippen LogP contribution is -2.13. The number of rotatable bonds is 8. The van der Waals surface area contributed by atoms with Gasteiger partial charge in [0.1, 0.15) is 18.2 Å². The number of aryl methyl sites for hydroxylation is 1. The number of hydrogen-bond donors (Lipinski definition) is 1.